The molecule has 0 aliphatic carbocycles. The molecule has 4 nitrogen and oxygen atoms in total. The van der Waals surface area contributed by atoms with Gasteiger partial charge in [-0.05, 0) is 19.3 Å². The van der Waals surface area contributed by atoms with Crippen LogP contribution in [0.1, 0.15) is 19.3 Å². The second-order valence-corrected chi connectivity index (χ2v) is 2.74. The van der Waals surface area contributed by atoms with Gasteiger partial charge in [0.15, 0.2) is 12.4 Å². The Hall–Kier alpha value is -0.610. The lowest BCUT2D eigenvalue weighted by Gasteiger charge is -2.26. The molecule has 2 unspecified atom stereocenters. The highest BCUT2D eigenvalue weighted by molar-refractivity contribution is 5.74. The summed E-state index contributed by atoms with van der Waals surface area (Å²) in [6, 6.07) is 0. The summed E-state index contributed by atoms with van der Waals surface area (Å²) in [5.41, 5.74) is 0. The molecule has 1 saturated heterocycles. The van der Waals surface area contributed by atoms with Gasteiger partial charge in [-0.25, -0.2) is 4.79 Å². The molecule has 4 heteroatoms. The van der Waals surface area contributed by atoms with Crippen LogP contribution in [0.5, 0.6) is 0 Å². The van der Waals surface area contributed by atoms with Crippen molar-refractivity contribution in [2.75, 3.05) is 14.2 Å². The Labute approximate surface area is 71.8 Å². The van der Waals surface area contributed by atoms with Crippen LogP contribution in [-0.4, -0.2) is 32.6 Å². The fraction of sp³-hybridized carbons (Fsp3) is 0.875. The molecule has 0 aromatic heterocycles. The second-order valence-electron chi connectivity index (χ2n) is 2.74. The average Bonchev–Trinajstić information content (AvgIpc) is 2.17. The molecule has 0 aromatic carbocycles. The molecule has 12 heavy (non-hydrogen) atoms. The number of ether oxygens (including phenoxy) is 3. The van der Waals surface area contributed by atoms with Crippen molar-refractivity contribution in [2.45, 2.75) is 31.7 Å². The molecule has 1 heterocycles. The third kappa shape index (κ3) is 2.19. The molecule has 0 saturated carbocycles. The van der Waals surface area contributed by atoms with Crippen LogP contribution in [0.4, 0.5) is 0 Å². The highest BCUT2D eigenvalue weighted by Crippen LogP contribution is 2.19. The van der Waals surface area contributed by atoms with Crippen molar-refractivity contribution in [2.24, 2.45) is 0 Å². The molecule has 0 amide bonds. The lowest BCUT2D eigenvalue weighted by Crippen LogP contribution is -2.35. The van der Waals surface area contributed by atoms with E-state index in [0.29, 0.717) is 0 Å². The van der Waals surface area contributed by atoms with Crippen molar-refractivity contribution in [1.29, 1.82) is 0 Å². The highest BCUT2D eigenvalue weighted by atomic mass is 16.7. The first-order valence-electron chi connectivity index (χ1n) is 4.04. The van der Waals surface area contributed by atoms with Gasteiger partial charge in [0.2, 0.25) is 0 Å². The van der Waals surface area contributed by atoms with Gasteiger partial charge in [-0.1, -0.05) is 0 Å². The highest BCUT2D eigenvalue weighted by Gasteiger charge is 2.28. The summed E-state index contributed by atoms with van der Waals surface area (Å²) < 4.78 is 14.8. The average molecular weight is 174 g/mol. The molecule has 1 fully saturated rings. The summed E-state index contributed by atoms with van der Waals surface area (Å²) in [5, 5.41) is 0. The Kier molecular flexibility index (Phi) is 3.49. The lowest BCUT2D eigenvalue weighted by molar-refractivity contribution is -0.199. The van der Waals surface area contributed by atoms with Crippen LogP contribution >= 0.6 is 0 Å². The van der Waals surface area contributed by atoms with Gasteiger partial charge in [-0.15, -0.1) is 0 Å². The Balaban J connectivity index is 2.40. The van der Waals surface area contributed by atoms with Crippen LogP contribution in [0.2, 0.25) is 0 Å². The topological polar surface area (TPSA) is 44.8 Å². The van der Waals surface area contributed by atoms with E-state index in [-0.39, 0.29) is 12.3 Å². The Morgan fingerprint density at radius 1 is 1.42 bits per heavy atom. The smallest absolute Gasteiger partial charge is 0.335 e. The molecule has 1 aliphatic rings. The van der Waals surface area contributed by atoms with Gasteiger partial charge in [0.25, 0.3) is 0 Å². The van der Waals surface area contributed by atoms with E-state index in [1.165, 1.54) is 7.11 Å². The molecule has 0 N–H and O–H groups in total. The first-order valence-corrected chi connectivity index (χ1v) is 4.04. The number of hydrogen-bond acceptors (Lipinski definition) is 4. The van der Waals surface area contributed by atoms with E-state index in [0.717, 1.165) is 19.3 Å². The normalized spacial score (nSPS) is 29.8. The third-order valence-corrected chi connectivity index (χ3v) is 1.95. The minimum atomic E-state index is -0.436. The number of carbonyl (C=O) groups excluding carboxylic acids is 1. The number of hydrogen-bond donors (Lipinski definition) is 0. The predicted molar refractivity (Wildman–Crippen MR) is 41.5 cm³/mol. The minimum Gasteiger partial charge on any atom is -0.467 e. The molecular weight excluding hydrogens is 160 g/mol. The number of carbonyl (C=O) groups is 1. The first-order chi connectivity index (χ1) is 5.77. The summed E-state index contributed by atoms with van der Waals surface area (Å²) in [6.07, 6.45) is 1.84. The number of rotatable bonds is 2. The van der Waals surface area contributed by atoms with Gasteiger partial charge in [0, 0.05) is 7.11 Å². The van der Waals surface area contributed by atoms with E-state index in [2.05, 4.69) is 4.74 Å². The number of esters is 1. The van der Waals surface area contributed by atoms with E-state index >= 15 is 0 Å². The fourth-order valence-electron chi connectivity index (χ4n) is 1.27. The van der Waals surface area contributed by atoms with Crippen molar-refractivity contribution >= 4 is 5.97 Å². The SMILES string of the molecule is COC(=O)C1CCCC(OC)O1. The van der Waals surface area contributed by atoms with Gasteiger partial charge in [-0.3, -0.25) is 0 Å². The van der Waals surface area contributed by atoms with Gasteiger partial charge in [-0.2, -0.15) is 0 Å². The largest absolute Gasteiger partial charge is 0.467 e. The molecule has 2 atom stereocenters. The monoisotopic (exact) mass is 174 g/mol. The lowest BCUT2D eigenvalue weighted by atomic mass is 10.1. The van der Waals surface area contributed by atoms with Crippen LogP contribution in [0.15, 0.2) is 0 Å². The zero-order valence-electron chi connectivity index (χ0n) is 7.41. The van der Waals surface area contributed by atoms with Crippen LogP contribution < -0.4 is 0 Å². The second kappa shape index (κ2) is 4.42. The summed E-state index contributed by atoms with van der Waals surface area (Å²) in [4.78, 5) is 11.0. The van der Waals surface area contributed by atoms with Gasteiger partial charge >= 0.3 is 5.97 Å². The van der Waals surface area contributed by atoms with Crippen molar-refractivity contribution < 1.29 is 19.0 Å². The molecule has 70 valence electrons. The van der Waals surface area contributed by atoms with E-state index in [1.807, 2.05) is 0 Å². The fourth-order valence-corrected chi connectivity index (χ4v) is 1.27. The quantitative estimate of drug-likeness (QED) is 0.578. The van der Waals surface area contributed by atoms with Crippen molar-refractivity contribution in [3.63, 3.8) is 0 Å². The Morgan fingerprint density at radius 2 is 2.17 bits per heavy atom. The summed E-state index contributed by atoms with van der Waals surface area (Å²) in [6.45, 7) is 0. The third-order valence-electron chi connectivity index (χ3n) is 1.95. The van der Waals surface area contributed by atoms with E-state index in [4.69, 9.17) is 9.47 Å². The number of methoxy groups -OCH3 is 2. The van der Waals surface area contributed by atoms with Crippen LogP contribution in [0, 0.1) is 0 Å². The zero-order valence-corrected chi connectivity index (χ0v) is 7.41. The molecule has 1 aliphatic heterocycles. The molecule has 0 bridgehead atoms. The van der Waals surface area contributed by atoms with Gasteiger partial charge in [0.1, 0.15) is 0 Å². The zero-order chi connectivity index (χ0) is 8.97. The summed E-state index contributed by atoms with van der Waals surface area (Å²) >= 11 is 0. The maximum atomic E-state index is 11.0. The van der Waals surface area contributed by atoms with E-state index in [9.17, 15) is 4.79 Å². The van der Waals surface area contributed by atoms with Crippen molar-refractivity contribution in [1.82, 2.24) is 0 Å². The molecule has 0 spiro atoms. The summed E-state index contributed by atoms with van der Waals surface area (Å²) in [7, 11) is 2.94. The van der Waals surface area contributed by atoms with E-state index in [1.54, 1.807) is 7.11 Å². The maximum Gasteiger partial charge on any atom is 0.335 e. The Morgan fingerprint density at radius 3 is 2.75 bits per heavy atom. The maximum absolute atomic E-state index is 11.0. The van der Waals surface area contributed by atoms with Crippen LogP contribution in [0.25, 0.3) is 0 Å². The summed E-state index contributed by atoms with van der Waals surface area (Å²) in [5.74, 6) is -0.309. The minimum absolute atomic E-state index is 0.247. The van der Waals surface area contributed by atoms with Crippen LogP contribution in [0.3, 0.4) is 0 Å². The van der Waals surface area contributed by atoms with E-state index < -0.39 is 6.10 Å². The van der Waals surface area contributed by atoms with Crippen LogP contribution in [-0.2, 0) is 19.0 Å². The molecule has 1 rings (SSSR count). The molecule has 0 aromatic rings. The Bertz CT molecular complexity index is 157. The first kappa shape index (κ1) is 9.48. The van der Waals surface area contributed by atoms with Gasteiger partial charge < -0.3 is 14.2 Å². The van der Waals surface area contributed by atoms with Crippen molar-refractivity contribution in [3.05, 3.63) is 0 Å². The van der Waals surface area contributed by atoms with Crippen molar-refractivity contribution in [3.8, 4) is 0 Å². The van der Waals surface area contributed by atoms with Gasteiger partial charge in [0.05, 0.1) is 7.11 Å². The molecular formula is C8H14O4. The standard InChI is InChI=1S/C8H14O4/c1-10-7-5-3-4-6(12-7)8(9)11-2/h6-7H,3-5H2,1-2H3. The molecule has 0 radical (unpaired) electrons. The predicted octanol–water partition coefficient (Wildman–Crippen LogP) is 0.701.